The molecule has 1 saturated heterocycles. The fraction of sp³-hybridized carbons (Fsp3) is 0.276. The molecule has 39 heavy (non-hydrogen) atoms. The van der Waals surface area contributed by atoms with Crippen molar-refractivity contribution in [2.45, 2.75) is 37.3 Å². The molecular weight excluding hydrogens is 542 g/mol. The Morgan fingerprint density at radius 3 is 2.74 bits per heavy atom. The highest BCUT2D eigenvalue weighted by molar-refractivity contribution is 6.31. The molecule has 0 unspecified atom stereocenters. The van der Waals surface area contributed by atoms with E-state index in [1.54, 1.807) is 30.3 Å². The molecule has 4 atom stereocenters. The molecule has 1 saturated carbocycles. The van der Waals surface area contributed by atoms with Gasteiger partial charge in [-0.2, -0.15) is 5.10 Å². The molecule has 0 radical (unpaired) electrons. The highest BCUT2D eigenvalue weighted by Gasteiger charge is 2.64. The summed E-state index contributed by atoms with van der Waals surface area (Å²) in [5.41, 5.74) is 3.98. The number of ether oxygens (including phenoxy) is 1. The molecule has 200 valence electrons. The molecule has 6 rings (SSSR count). The van der Waals surface area contributed by atoms with Crippen LogP contribution in [0.5, 0.6) is 0 Å². The van der Waals surface area contributed by atoms with Crippen molar-refractivity contribution in [3.05, 3.63) is 97.8 Å². The average molecular weight is 567 g/mol. The largest absolute Gasteiger partial charge is 0.465 e. The van der Waals surface area contributed by atoms with Crippen molar-refractivity contribution in [2.24, 2.45) is 16.9 Å². The van der Waals surface area contributed by atoms with Crippen molar-refractivity contribution in [3.63, 3.8) is 0 Å². The van der Waals surface area contributed by atoms with E-state index in [-0.39, 0.29) is 22.9 Å². The van der Waals surface area contributed by atoms with E-state index in [1.807, 2.05) is 19.1 Å². The molecule has 1 amide bonds. The van der Waals surface area contributed by atoms with E-state index in [0.29, 0.717) is 40.4 Å². The van der Waals surface area contributed by atoms with Crippen LogP contribution in [0.3, 0.4) is 0 Å². The van der Waals surface area contributed by atoms with E-state index in [4.69, 9.17) is 33.8 Å². The van der Waals surface area contributed by atoms with Crippen molar-refractivity contribution in [2.75, 3.05) is 12.4 Å². The molecule has 10 heteroatoms. The minimum atomic E-state index is -1.20. The van der Waals surface area contributed by atoms with Gasteiger partial charge in [0.15, 0.2) is 0 Å². The summed E-state index contributed by atoms with van der Waals surface area (Å²) < 4.78 is 20.6. The van der Waals surface area contributed by atoms with Gasteiger partial charge in [0.25, 0.3) is 0 Å². The van der Waals surface area contributed by atoms with Crippen LogP contribution in [0.2, 0.25) is 10.0 Å². The maximum absolute atomic E-state index is 15.7. The van der Waals surface area contributed by atoms with Crippen LogP contribution in [-0.2, 0) is 19.9 Å². The molecule has 2 fully saturated rings. The highest BCUT2D eigenvalue weighted by atomic mass is 35.5. The second kappa shape index (κ2) is 9.33. The maximum atomic E-state index is 15.7. The van der Waals surface area contributed by atoms with Gasteiger partial charge in [-0.25, -0.2) is 9.18 Å². The Labute approximate surface area is 234 Å². The van der Waals surface area contributed by atoms with Gasteiger partial charge in [-0.3, -0.25) is 10.1 Å². The first-order valence-corrected chi connectivity index (χ1v) is 13.3. The Morgan fingerprint density at radius 1 is 1.21 bits per heavy atom. The first kappa shape index (κ1) is 25.8. The maximum Gasteiger partial charge on any atom is 0.338 e. The van der Waals surface area contributed by atoms with Crippen molar-refractivity contribution in [1.82, 2.24) is 5.32 Å². The number of halogens is 3. The lowest BCUT2D eigenvalue weighted by atomic mass is 9.71. The van der Waals surface area contributed by atoms with Gasteiger partial charge < -0.3 is 15.9 Å². The number of methoxy groups -OCH3 is 1. The van der Waals surface area contributed by atoms with Crippen molar-refractivity contribution in [1.29, 1.82) is 0 Å². The normalized spacial score (nSPS) is 30.2. The summed E-state index contributed by atoms with van der Waals surface area (Å²) in [6.45, 7) is 1.83. The van der Waals surface area contributed by atoms with Gasteiger partial charge in [0, 0.05) is 33.8 Å². The molecule has 2 aliphatic heterocycles. The van der Waals surface area contributed by atoms with Gasteiger partial charge >= 0.3 is 5.97 Å². The van der Waals surface area contributed by atoms with E-state index in [0.717, 1.165) is 22.3 Å². The number of hydrogen-bond acceptors (Lipinski definition) is 6. The summed E-state index contributed by atoms with van der Waals surface area (Å²) in [6.07, 6.45) is 4.66. The van der Waals surface area contributed by atoms with Gasteiger partial charge in [0.1, 0.15) is 11.4 Å². The number of carbonyl (C=O) groups excluding carboxylic acids is 2. The second-order valence-electron chi connectivity index (χ2n) is 10.3. The third kappa shape index (κ3) is 3.77. The molecule has 1 spiro atoms. The molecule has 0 aromatic heterocycles. The summed E-state index contributed by atoms with van der Waals surface area (Å²) in [4.78, 5) is 26.0. The number of benzene rings is 2. The van der Waals surface area contributed by atoms with Gasteiger partial charge in [0.2, 0.25) is 5.91 Å². The van der Waals surface area contributed by atoms with Crippen molar-refractivity contribution in [3.8, 4) is 0 Å². The molecule has 0 bridgehead atoms. The molecule has 7 nitrogen and oxygen atoms in total. The monoisotopic (exact) mass is 566 g/mol. The molecular formula is C29H25Cl2FN4O3. The van der Waals surface area contributed by atoms with Crippen LogP contribution in [0.4, 0.5) is 10.1 Å². The summed E-state index contributed by atoms with van der Waals surface area (Å²) in [5, 5.41) is 11.0. The lowest BCUT2D eigenvalue weighted by molar-refractivity contribution is -0.135. The first-order chi connectivity index (χ1) is 18.7. The van der Waals surface area contributed by atoms with E-state index >= 15 is 4.39 Å². The van der Waals surface area contributed by atoms with Gasteiger partial charge in [-0.15, -0.1) is 0 Å². The standard InChI is InChI=1S/C29H25Cl2FN4O3/c1-13-8-18(23(36-33)12-17(13)27(37)39-2)14-9-19-22(10-14)35-29(25(19)16-4-3-5-21(31)26(16)32)20-7-6-15(30)11-24(20)34-28(29)38/h3-8,11-12,19,22,25,35H,9-10,33H2,1-2H3,(H,34,38)/b18-14+,36-23-/t19-,22+,25+,29-/m1/s1. The minimum Gasteiger partial charge on any atom is -0.465 e. The smallest absolute Gasteiger partial charge is 0.338 e. The molecule has 4 aliphatic rings. The fourth-order valence-electron chi connectivity index (χ4n) is 6.76. The number of carbonyl (C=O) groups is 2. The number of esters is 1. The van der Waals surface area contributed by atoms with Crippen LogP contribution in [0.1, 0.15) is 36.8 Å². The number of allylic oxidation sites excluding steroid dienone is 3. The Bertz CT molecular complexity index is 1580. The number of fused-ring (bicyclic) bond motifs is 3. The van der Waals surface area contributed by atoms with Gasteiger partial charge in [-0.1, -0.05) is 47.0 Å². The average Bonchev–Trinajstić information content (AvgIpc) is 3.54. The number of amides is 1. The van der Waals surface area contributed by atoms with Gasteiger partial charge in [-0.05, 0) is 67.2 Å². The van der Waals surface area contributed by atoms with E-state index < -0.39 is 23.2 Å². The Hall–Kier alpha value is -3.46. The molecule has 2 aliphatic carbocycles. The highest BCUT2D eigenvalue weighted by Crippen LogP contribution is 2.59. The van der Waals surface area contributed by atoms with Crippen LogP contribution < -0.4 is 16.5 Å². The molecule has 2 heterocycles. The zero-order valence-electron chi connectivity index (χ0n) is 21.1. The minimum absolute atomic E-state index is 0.00118. The fourth-order valence-corrected chi connectivity index (χ4v) is 7.11. The SMILES string of the molecule is COC(=O)C1=CC(=N/N)/C(=C2\C[C@@H]3[C@H](C2)N[C@@]2(C(=O)Nc4cc(Cl)ccc42)[C@H]3c2cccc(Cl)c2F)C=C1C. The van der Waals surface area contributed by atoms with E-state index in [9.17, 15) is 9.59 Å². The lowest BCUT2D eigenvalue weighted by Crippen LogP contribution is -2.49. The number of rotatable bonds is 2. The molecule has 2 aromatic carbocycles. The number of hydrogen-bond donors (Lipinski definition) is 3. The third-order valence-electron chi connectivity index (χ3n) is 8.37. The topological polar surface area (TPSA) is 106 Å². The van der Waals surface area contributed by atoms with Crippen LogP contribution in [-0.4, -0.2) is 30.7 Å². The van der Waals surface area contributed by atoms with Gasteiger partial charge in [0.05, 0.1) is 23.4 Å². The van der Waals surface area contributed by atoms with E-state index in [1.165, 1.54) is 13.2 Å². The predicted molar refractivity (Wildman–Crippen MR) is 148 cm³/mol. The zero-order chi connectivity index (χ0) is 27.6. The third-order valence-corrected chi connectivity index (χ3v) is 8.90. The Kier molecular flexibility index (Phi) is 6.17. The van der Waals surface area contributed by atoms with Crippen LogP contribution >= 0.6 is 23.2 Å². The Morgan fingerprint density at radius 2 is 2.00 bits per heavy atom. The second-order valence-corrected chi connectivity index (χ2v) is 11.1. The van der Waals surface area contributed by atoms with Crippen molar-refractivity contribution < 1.29 is 18.7 Å². The number of anilines is 1. The summed E-state index contributed by atoms with van der Waals surface area (Å²) in [7, 11) is 1.32. The Balaban J connectivity index is 1.48. The van der Waals surface area contributed by atoms with Crippen LogP contribution in [0, 0.1) is 11.7 Å². The van der Waals surface area contributed by atoms with Crippen LogP contribution in [0.25, 0.3) is 0 Å². The lowest BCUT2D eigenvalue weighted by Gasteiger charge is -2.33. The number of nitrogens with two attached hydrogens (primary N) is 1. The first-order valence-electron chi connectivity index (χ1n) is 12.5. The predicted octanol–water partition coefficient (Wildman–Crippen LogP) is 5.12. The van der Waals surface area contributed by atoms with Crippen molar-refractivity contribution >= 4 is 46.5 Å². The summed E-state index contributed by atoms with van der Waals surface area (Å²) in [6, 6.07) is 10.0. The quantitative estimate of drug-likeness (QED) is 0.266. The summed E-state index contributed by atoms with van der Waals surface area (Å²) in [5.74, 6) is 3.78. The van der Waals surface area contributed by atoms with Crippen LogP contribution in [0.15, 0.2) is 75.9 Å². The van der Waals surface area contributed by atoms with E-state index in [2.05, 4.69) is 15.7 Å². The number of nitrogens with zero attached hydrogens (tertiary/aromatic N) is 1. The summed E-state index contributed by atoms with van der Waals surface area (Å²) >= 11 is 12.5. The molecule has 2 aromatic rings. The zero-order valence-corrected chi connectivity index (χ0v) is 22.7. The molecule has 4 N–H and O–H groups in total. The number of nitrogens with one attached hydrogen (secondary N) is 2. The number of hydrazone groups is 1.